The van der Waals surface area contributed by atoms with Gasteiger partial charge in [-0.2, -0.15) is 12.1 Å². The van der Waals surface area contributed by atoms with E-state index < -0.39 is 0 Å². The Morgan fingerprint density at radius 3 is 1.15 bits per heavy atom. The first-order chi connectivity index (χ1) is 24.1. The average molecular weight is 888 g/mol. The number of hydrogen-bond acceptors (Lipinski definition) is 0. The fraction of sp³-hybridized carbons (Fsp3) is 0.184. The third-order valence-electron chi connectivity index (χ3n) is 9.42. The van der Waals surface area contributed by atoms with Crippen molar-refractivity contribution in [2.75, 3.05) is 0 Å². The van der Waals surface area contributed by atoms with E-state index in [2.05, 4.69) is 173 Å². The van der Waals surface area contributed by atoms with Crippen LogP contribution < -0.4 is 0 Å². The number of unbranched alkanes of at least 4 members (excludes halogenated alkanes) is 2. The summed E-state index contributed by atoms with van der Waals surface area (Å²) in [6.45, 7) is 11.3. The summed E-state index contributed by atoms with van der Waals surface area (Å²) in [6, 6.07) is 53.4. The number of halogens is 2. The van der Waals surface area contributed by atoms with E-state index in [0.717, 1.165) is 6.42 Å². The molecule has 0 saturated heterocycles. The molecule has 0 saturated carbocycles. The van der Waals surface area contributed by atoms with E-state index in [1.165, 1.54) is 115 Å². The molecule has 0 aliphatic rings. The van der Waals surface area contributed by atoms with Gasteiger partial charge in [-0.25, -0.2) is 0 Å². The third-order valence-corrected chi connectivity index (χ3v) is 9.42. The van der Waals surface area contributed by atoms with Gasteiger partial charge in [0.1, 0.15) is 0 Å². The maximum atomic E-state index is 3.38. The van der Waals surface area contributed by atoms with Crippen LogP contribution in [0.5, 0.6) is 0 Å². The largest absolute Gasteiger partial charge is 4.00 e. The van der Waals surface area contributed by atoms with E-state index in [4.69, 9.17) is 0 Å². The Morgan fingerprint density at radius 1 is 0.442 bits per heavy atom. The van der Waals surface area contributed by atoms with Gasteiger partial charge in [0, 0.05) is 0 Å². The average Bonchev–Trinajstić information content (AvgIpc) is 3.77. The summed E-state index contributed by atoms with van der Waals surface area (Å²) in [4.78, 5) is 0. The number of aryl methyl sites for hydroxylation is 2. The topological polar surface area (TPSA) is 0 Å². The fourth-order valence-electron chi connectivity index (χ4n) is 7.03. The van der Waals surface area contributed by atoms with Crippen molar-refractivity contribution < 1.29 is 25.8 Å². The van der Waals surface area contributed by atoms with Crippen molar-refractivity contribution in [1.29, 1.82) is 0 Å². The van der Waals surface area contributed by atoms with Crippen molar-refractivity contribution in [3.05, 3.63) is 171 Å². The third kappa shape index (κ3) is 9.93. The molecule has 264 valence electrons. The molecular formula is C49H50Cl2Hf. The van der Waals surface area contributed by atoms with Crippen LogP contribution in [0.15, 0.2) is 146 Å². The second-order valence-corrected chi connectivity index (χ2v) is 13.0. The van der Waals surface area contributed by atoms with Gasteiger partial charge in [-0.05, 0) is 45.5 Å². The Bertz CT molecular complexity index is 2100. The molecule has 0 aliphatic carbocycles. The Balaban J connectivity index is 0.000000248. The van der Waals surface area contributed by atoms with E-state index in [0.29, 0.717) is 0 Å². The van der Waals surface area contributed by atoms with E-state index in [1.54, 1.807) is 0 Å². The van der Waals surface area contributed by atoms with Gasteiger partial charge < -0.3 is 20.3 Å². The van der Waals surface area contributed by atoms with Gasteiger partial charge in [0.25, 0.3) is 0 Å². The standard InChI is InChI=1S/2C23H21.C3H6.2ClH.Hf/c2*1-2-3-8-17-15-19-11-7-14-22(23(19)16-17)21-13-6-10-18-9-4-5-12-20(18)21;1-3-2;;;/h2*4-7,9-16H,2-3,8H2,1H3;1-3H2;2*1H;/q2*-1;-2;;;+4. The molecule has 8 aromatic carbocycles. The molecule has 0 fully saturated rings. The summed E-state index contributed by atoms with van der Waals surface area (Å²) < 4.78 is 0. The van der Waals surface area contributed by atoms with Crippen molar-refractivity contribution >= 4 is 67.9 Å². The second-order valence-electron chi connectivity index (χ2n) is 13.0. The first kappa shape index (κ1) is 42.9. The number of fused-ring (bicyclic) bond motifs is 4. The van der Waals surface area contributed by atoms with E-state index in [-0.39, 0.29) is 50.7 Å². The van der Waals surface area contributed by atoms with Gasteiger partial charge in [0.15, 0.2) is 0 Å². The van der Waals surface area contributed by atoms with Crippen LogP contribution >= 0.6 is 24.8 Å². The maximum absolute atomic E-state index is 3.38. The molecule has 0 aromatic heterocycles. The molecule has 0 N–H and O–H groups in total. The zero-order valence-corrected chi connectivity index (χ0v) is 35.8. The molecule has 8 rings (SSSR count). The molecule has 0 amide bonds. The minimum absolute atomic E-state index is 0. The Hall–Kier alpha value is -3.49. The zero-order valence-electron chi connectivity index (χ0n) is 30.5. The molecule has 3 heteroatoms. The monoisotopic (exact) mass is 888 g/mol. The summed E-state index contributed by atoms with van der Waals surface area (Å²) in [5.74, 6) is 0. The second kappa shape index (κ2) is 21.3. The molecule has 0 radical (unpaired) electrons. The smallest absolute Gasteiger partial charge is 0.372 e. The molecule has 0 nitrogen and oxygen atoms in total. The van der Waals surface area contributed by atoms with Crippen LogP contribution in [0.2, 0.25) is 0 Å². The molecule has 0 heterocycles. The Kier molecular flexibility index (Phi) is 17.6. The molecule has 0 aliphatic heterocycles. The first-order valence-corrected chi connectivity index (χ1v) is 18.1. The summed E-state index contributed by atoms with van der Waals surface area (Å²) in [7, 11) is 0. The minimum Gasteiger partial charge on any atom is -0.372 e. The molecular weight excluding hydrogens is 838 g/mol. The van der Waals surface area contributed by atoms with Gasteiger partial charge >= 0.3 is 25.8 Å². The number of benzene rings is 6. The number of hydrogen-bond donors (Lipinski definition) is 0. The SMILES string of the molecule is CCCCc1cc2c(-c3cccc4ccccc34)cccc2[cH-]1.CCCCc1cc2c(-c3cccc4ccccc34)cccc2[cH-]1.Cl.Cl.[CH2-]C[CH2-].[Hf+4]. The van der Waals surface area contributed by atoms with E-state index in [9.17, 15) is 0 Å². The minimum atomic E-state index is 0. The summed E-state index contributed by atoms with van der Waals surface area (Å²) in [5, 5.41) is 10.8. The van der Waals surface area contributed by atoms with Crippen molar-refractivity contribution in [2.45, 2.75) is 58.8 Å². The molecule has 0 unspecified atom stereocenters. The molecule has 52 heavy (non-hydrogen) atoms. The van der Waals surface area contributed by atoms with Crippen molar-refractivity contribution in [3.8, 4) is 22.3 Å². The summed E-state index contributed by atoms with van der Waals surface area (Å²) in [5.41, 5.74) is 8.30. The zero-order chi connectivity index (χ0) is 34.0. The predicted octanol–water partition coefficient (Wildman–Crippen LogP) is 15.3. The van der Waals surface area contributed by atoms with Crippen LogP contribution in [0.1, 0.15) is 57.1 Å². The summed E-state index contributed by atoms with van der Waals surface area (Å²) >= 11 is 0. The van der Waals surface area contributed by atoms with E-state index in [1.807, 2.05) is 0 Å². The van der Waals surface area contributed by atoms with Crippen LogP contribution in [0.4, 0.5) is 0 Å². The van der Waals surface area contributed by atoms with E-state index >= 15 is 0 Å². The van der Waals surface area contributed by atoms with Gasteiger partial charge in [0.2, 0.25) is 0 Å². The fourth-order valence-corrected chi connectivity index (χ4v) is 7.03. The van der Waals surface area contributed by atoms with Gasteiger partial charge in [0.05, 0.1) is 0 Å². The molecule has 8 aromatic rings. The quantitative estimate of drug-likeness (QED) is 0.105. The van der Waals surface area contributed by atoms with Crippen LogP contribution in [-0.2, 0) is 38.7 Å². The van der Waals surface area contributed by atoms with Crippen molar-refractivity contribution in [3.63, 3.8) is 0 Å². The maximum Gasteiger partial charge on any atom is 4.00 e. The van der Waals surface area contributed by atoms with Crippen LogP contribution in [0, 0.1) is 13.8 Å². The molecule has 0 atom stereocenters. The van der Waals surface area contributed by atoms with Gasteiger partial charge in [-0.15, -0.1) is 93.9 Å². The van der Waals surface area contributed by atoms with Crippen LogP contribution in [0.3, 0.4) is 0 Å². The Morgan fingerprint density at radius 2 is 0.769 bits per heavy atom. The van der Waals surface area contributed by atoms with Crippen LogP contribution in [-0.4, -0.2) is 0 Å². The van der Waals surface area contributed by atoms with Crippen LogP contribution in [0.25, 0.3) is 65.3 Å². The van der Waals surface area contributed by atoms with Gasteiger partial charge in [-0.3, -0.25) is 0 Å². The van der Waals surface area contributed by atoms with Crippen molar-refractivity contribution in [1.82, 2.24) is 0 Å². The number of rotatable bonds is 8. The Labute approximate surface area is 343 Å². The first-order valence-electron chi connectivity index (χ1n) is 18.1. The predicted molar refractivity (Wildman–Crippen MR) is 232 cm³/mol. The van der Waals surface area contributed by atoms with Crippen molar-refractivity contribution in [2.24, 2.45) is 0 Å². The van der Waals surface area contributed by atoms with Gasteiger partial charge in [-0.1, -0.05) is 148 Å². The molecule has 0 bridgehead atoms. The molecule has 0 spiro atoms. The normalized spacial score (nSPS) is 10.4. The summed E-state index contributed by atoms with van der Waals surface area (Å²) in [6.07, 6.45) is 8.13.